The molecule has 4 nitrogen and oxygen atoms in total. The highest BCUT2D eigenvalue weighted by molar-refractivity contribution is 6.30. The Morgan fingerprint density at radius 3 is 2.57 bits per heavy atom. The normalized spacial score (nSPS) is 18.0. The lowest BCUT2D eigenvalue weighted by Crippen LogP contribution is -2.47. The minimum atomic E-state index is -0.487. The highest BCUT2D eigenvalue weighted by Gasteiger charge is 2.20. The first kappa shape index (κ1) is 16.4. The zero-order valence-corrected chi connectivity index (χ0v) is 13.9. The summed E-state index contributed by atoms with van der Waals surface area (Å²) < 4.78 is 0. The summed E-state index contributed by atoms with van der Waals surface area (Å²) in [6.07, 6.45) is 3.24. The second-order valence-electron chi connectivity index (χ2n) is 6.01. The number of pyridine rings is 1. The summed E-state index contributed by atoms with van der Waals surface area (Å²) in [5.74, 6) is 0. The summed E-state index contributed by atoms with van der Waals surface area (Å²) >= 11 is 5.99. The van der Waals surface area contributed by atoms with Crippen LogP contribution in [0.5, 0.6) is 0 Å². The molecule has 1 fully saturated rings. The van der Waals surface area contributed by atoms with E-state index in [1.54, 1.807) is 6.20 Å². The fourth-order valence-corrected chi connectivity index (χ4v) is 3.14. The predicted octanol–water partition coefficient (Wildman–Crippen LogP) is 2.59. The van der Waals surface area contributed by atoms with Gasteiger partial charge in [-0.2, -0.15) is 0 Å². The number of hydrogen-bond donors (Lipinski definition) is 1. The molecule has 2 aromatic rings. The summed E-state index contributed by atoms with van der Waals surface area (Å²) in [7, 11) is 0. The summed E-state index contributed by atoms with van der Waals surface area (Å²) in [5.41, 5.74) is 2.13. The van der Waals surface area contributed by atoms with Gasteiger partial charge in [0, 0.05) is 56.7 Å². The third-order valence-corrected chi connectivity index (χ3v) is 4.49. The number of piperazine rings is 1. The molecule has 2 heterocycles. The van der Waals surface area contributed by atoms with Crippen molar-refractivity contribution in [1.82, 2.24) is 14.8 Å². The van der Waals surface area contributed by atoms with E-state index in [2.05, 4.69) is 20.9 Å². The third-order valence-electron chi connectivity index (χ3n) is 4.26. The molecule has 1 N–H and O–H groups in total. The first-order valence-corrected chi connectivity index (χ1v) is 8.35. The summed E-state index contributed by atoms with van der Waals surface area (Å²) in [4.78, 5) is 8.90. The van der Waals surface area contributed by atoms with Crippen LogP contribution in [0.4, 0.5) is 0 Å². The number of hydrogen-bond acceptors (Lipinski definition) is 4. The number of benzene rings is 1. The number of aliphatic hydroxyl groups excluding tert-OH is 1. The minimum Gasteiger partial charge on any atom is -0.387 e. The van der Waals surface area contributed by atoms with Gasteiger partial charge in [-0.15, -0.1) is 0 Å². The second-order valence-corrected chi connectivity index (χ2v) is 6.45. The molecule has 0 spiro atoms. The maximum Gasteiger partial charge on any atom is 0.0917 e. The van der Waals surface area contributed by atoms with Crippen molar-refractivity contribution in [2.24, 2.45) is 0 Å². The molecule has 5 heteroatoms. The van der Waals surface area contributed by atoms with Gasteiger partial charge in [-0.3, -0.25) is 14.8 Å². The summed E-state index contributed by atoms with van der Waals surface area (Å²) in [6, 6.07) is 11.6. The minimum absolute atomic E-state index is 0.487. The maximum absolute atomic E-state index is 10.4. The van der Waals surface area contributed by atoms with E-state index in [0.717, 1.165) is 38.3 Å². The molecule has 0 saturated carbocycles. The maximum atomic E-state index is 10.4. The molecule has 1 aromatic carbocycles. The molecule has 122 valence electrons. The Labute approximate surface area is 142 Å². The van der Waals surface area contributed by atoms with Crippen molar-refractivity contribution in [2.45, 2.75) is 12.6 Å². The molecule has 1 atom stereocenters. The largest absolute Gasteiger partial charge is 0.387 e. The van der Waals surface area contributed by atoms with Crippen LogP contribution in [-0.2, 0) is 6.54 Å². The van der Waals surface area contributed by atoms with E-state index in [4.69, 9.17) is 11.6 Å². The smallest absolute Gasteiger partial charge is 0.0917 e. The lowest BCUT2D eigenvalue weighted by molar-refractivity contribution is 0.0701. The molecule has 1 aliphatic rings. The fraction of sp³-hybridized carbons (Fsp3) is 0.389. The second kappa shape index (κ2) is 7.88. The van der Waals surface area contributed by atoms with Gasteiger partial charge >= 0.3 is 0 Å². The van der Waals surface area contributed by atoms with E-state index in [1.807, 2.05) is 36.5 Å². The van der Waals surface area contributed by atoms with Crippen molar-refractivity contribution < 1.29 is 5.11 Å². The average Bonchev–Trinajstić information content (AvgIpc) is 2.57. The quantitative estimate of drug-likeness (QED) is 0.914. The first-order chi connectivity index (χ1) is 11.2. The zero-order valence-electron chi connectivity index (χ0n) is 13.1. The van der Waals surface area contributed by atoms with Gasteiger partial charge in [-0.05, 0) is 29.3 Å². The van der Waals surface area contributed by atoms with Gasteiger partial charge in [0.25, 0.3) is 0 Å². The Kier molecular flexibility index (Phi) is 5.62. The van der Waals surface area contributed by atoms with Crippen LogP contribution in [0, 0.1) is 0 Å². The standard InChI is InChI=1S/C18H22ClN3O/c19-17-5-1-4-16(11-17)18(23)14-22-9-7-21(8-10-22)13-15-3-2-6-20-12-15/h1-6,11-12,18,23H,7-10,13-14H2. The van der Waals surface area contributed by atoms with Crippen LogP contribution < -0.4 is 0 Å². The molecular weight excluding hydrogens is 310 g/mol. The van der Waals surface area contributed by atoms with Gasteiger partial charge in [0.1, 0.15) is 0 Å². The van der Waals surface area contributed by atoms with Crippen LogP contribution in [0.3, 0.4) is 0 Å². The van der Waals surface area contributed by atoms with Crippen LogP contribution in [0.25, 0.3) is 0 Å². The van der Waals surface area contributed by atoms with E-state index in [1.165, 1.54) is 5.56 Å². The van der Waals surface area contributed by atoms with Crippen molar-refractivity contribution in [3.05, 3.63) is 64.9 Å². The number of β-amino-alcohol motifs (C(OH)–C–C–N with tert-alkyl or cyclic N) is 1. The molecule has 1 aliphatic heterocycles. The topological polar surface area (TPSA) is 39.6 Å². The summed E-state index contributed by atoms with van der Waals surface area (Å²) in [5, 5.41) is 11.0. The number of halogens is 1. The lowest BCUT2D eigenvalue weighted by atomic mass is 10.1. The zero-order chi connectivity index (χ0) is 16.1. The molecule has 0 amide bonds. The van der Waals surface area contributed by atoms with Crippen LogP contribution in [0.15, 0.2) is 48.8 Å². The van der Waals surface area contributed by atoms with Gasteiger partial charge < -0.3 is 5.11 Å². The van der Waals surface area contributed by atoms with Crippen molar-refractivity contribution >= 4 is 11.6 Å². The Balaban J connectivity index is 1.47. The van der Waals surface area contributed by atoms with Crippen LogP contribution in [0.1, 0.15) is 17.2 Å². The van der Waals surface area contributed by atoms with E-state index >= 15 is 0 Å². The Morgan fingerprint density at radius 1 is 1.09 bits per heavy atom. The van der Waals surface area contributed by atoms with Gasteiger partial charge in [0.05, 0.1) is 6.10 Å². The molecule has 23 heavy (non-hydrogen) atoms. The van der Waals surface area contributed by atoms with Gasteiger partial charge in [0.2, 0.25) is 0 Å². The lowest BCUT2D eigenvalue weighted by Gasteiger charge is -2.35. The molecule has 1 aromatic heterocycles. The fourth-order valence-electron chi connectivity index (χ4n) is 2.94. The number of nitrogens with zero attached hydrogens (tertiary/aromatic N) is 3. The van der Waals surface area contributed by atoms with Crippen molar-refractivity contribution in [1.29, 1.82) is 0 Å². The van der Waals surface area contributed by atoms with Crippen LogP contribution >= 0.6 is 11.6 Å². The Bertz CT molecular complexity index is 615. The molecule has 1 saturated heterocycles. The molecule has 3 rings (SSSR count). The van der Waals surface area contributed by atoms with Crippen molar-refractivity contribution in [2.75, 3.05) is 32.7 Å². The number of aliphatic hydroxyl groups is 1. The number of rotatable bonds is 5. The molecule has 0 radical (unpaired) electrons. The molecule has 1 unspecified atom stereocenters. The van der Waals surface area contributed by atoms with Crippen LogP contribution in [-0.4, -0.2) is 52.6 Å². The van der Waals surface area contributed by atoms with Crippen molar-refractivity contribution in [3.63, 3.8) is 0 Å². The van der Waals surface area contributed by atoms with E-state index in [9.17, 15) is 5.11 Å². The van der Waals surface area contributed by atoms with Crippen LogP contribution in [0.2, 0.25) is 5.02 Å². The highest BCUT2D eigenvalue weighted by Crippen LogP contribution is 2.19. The van der Waals surface area contributed by atoms with E-state index in [-0.39, 0.29) is 0 Å². The first-order valence-electron chi connectivity index (χ1n) is 7.98. The number of aromatic nitrogens is 1. The van der Waals surface area contributed by atoms with Gasteiger partial charge in [-0.1, -0.05) is 29.8 Å². The highest BCUT2D eigenvalue weighted by atomic mass is 35.5. The van der Waals surface area contributed by atoms with Crippen molar-refractivity contribution in [3.8, 4) is 0 Å². The monoisotopic (exact) mass is 331 g/mol. The van der Waals surface area contributed by atoms with E-state index < -0.39 is 6.10 Å². The SMILES string of the molecule is OC(CN1CCN(Cc2cccnc2)CC1)c1cccc(Cl)c1. The summed E-state index contributed by atoms with van der Waals surface area (Å²) in [6.45, 7) is 5.56. The van der Waals surface area contributed by atoms with Gasteiger partial charge in [-0.25, -0.2) is 0 Å². The van der Waals surface area contributed by atoms with Gasteiger partial charge in [0.15, 0.2) is 0 Å². The molecule has 0 bridgehead atoms. The van der Waals surface area contributed by atoms with E-state index in [0.29, 0.717) is 11.6 Å². The predicted molar refractivity (Wildman–Crippen MR) is 92.4 cm³/mol. The average molecular weight is 332 g/mol. The third kappa shape index (κ3) is 4.75. The Hall–Kier alpha value is -1.46. The molecular formula is C18H22ClN3O. The molecule has 0 aliphatic carbocycles. The Morgan fingerprint density at radius 2 is 1.87 bits per heavy atom.